The fourth-order valence-electron chi connectivity index (χ4n) is 3.15. The van der Waals surface area contributed by atoms with Crippen molar-refractivity contribution < 1.29 is 19.5 Å². The number of nitrogens with one attached hydrogen (secondary N) is 1. The Hall–Kier alpha value is -2.02. The average molecular weight is 348 g/mol. The highest BCUT2D eigenvalue weighted by Crippen LogP contribution is 2.30. The topological polar surface area (TPSA) is 86.7 Å². The lowest BCUT2D eigenvalue weighted by Gasteiger charge is -2.33. The van der Waals surface area contributed by atoms with E-state index in [9.17, 15) is 14.4 Å². The van der Waals surface area contributed by atoms with Crippen molar-refractivity contribution in [2.45, 2.75) is 30.2 Å². The first-order chi connectivity index (χ1) is 11.5. The first kappa shape index (κ1) is 16.8. The third-order valence-electron chi connectivity index (χ3n) is 4.71. The molecule has 7 heteroatoms. The SMILES string of the molecule is CSc1ccc(N2CC(C(=O)NC3CC(C(=O)O)C3)CC2=O)cc1. The van der Waals surface area contributed by atoms with Gasteiger partial charge in [-0.3, -0.25) is 14.4 Å². The van der Waals surface area contributed by atoms with Crippen LogP contribution in [0.3, 0.4) is 0 Å². The van der Waals surface area contributed by atoms with Gasteiger partial charge < -0.3 is 15.3 Å². The maximum absolute atomic E-state index is 12.3. The number of nitrogens with zero attached hydrogens (tertiary/aromatic N) is 1. The molecular weight excluding hydrogens is 328 g/mol. The molecule has 1 saturated heterocycles. The number of hydrogen-bond acceptors (Lipinski definition) is 4. The molecule has 1 saturated carbocycles. The molecule has 1 heterocycles. The second kappa shape index (κ2) is 6.84. The summed E-state index contributed by atoms with van der Waals surface area (Å²) < 4.78 is 0. The number of amides is 2. The largest absolute Gasteiger partial charge is 0.481 e. The van der Waals surface area contributed by atoms with Crippen LogP contribution in [0.25, 0.3) is 0 Å². The van der Waals surface area contributed by atoms with Gasteiger partial charge in [-0.05, 0) is 43.4 Å². The van der Waals surface area contributed by atoms with Crippen LogP contribution in [0, 0.1) is 11.8 Å². The van der Waals surface area contributed by atoms with Crippen molar-refractivity contribution in [3.63, 3.8) is 0 Å². The van der Waals surface area contributed by atoms with Crippen LogP contribution in [0.1, 0.15) is 19.3 Å². The smallest absolute Gasteiger partial charge is 0.306 e. The second-order valence-corrected chi connectivity index (χ2v) is 7.20. The Morgan fingerprint density at radius 3 is 2.46 bits per heavy atom. The number of carboxylic acids is 1. The highest BCUT2D eigenvalue weighted by Gasteiger charge is 2.39. The number of carboxylic acid groups (broad SMARTS) is 1. The van der Waals surface area contributed by atoms with Crippen molar-refractivity contribution in [2.24, 2.45) is 11.8 Å². The number of carbonyl (C=O) groups is 3. The van der Waals surface area contributed by atoms with Crippen molar-refractivity contribution in [1.82, 2.24) is 5.32 Å². The number of rotatable bonds is 5. The van der Waals surface area contributed by atoms with Gasteiger partial charge in [0.15, 0.2) is 0 Å². The van der Waals surface area contributed by atoms with Gasteiger partial charge in [0, 0.05) is 29.6 Å². The number of anilines is 1. The monoisotopic (exact) mass is 348 g/mol. The van der Waals surface area contributed by atoms with E-state index in [1.807, 2.05) is 30.5 Å². The van der Waals surface area contributed by atoms with Crippen LogP contribution >= 0.6 is 11.8 Å². The first-order valence-corrected chi connectivity index (χ1v) is 9.18. The lowest BCUT2D eigenvalue weighted by atomic mass is 9.80. The Morgan fingerprint density at radius 2 is 1.88 bits per heavy atom. The van der Waals surface area contributed by atoms with Crippen LogP contribution in [0.5, 0.6) is 0 Å². The molecule has 0 aromatic heterocycles. The van der Waals surface area contributed by atoms with Crippen molar-refractivity contribution in [3.8, 4) is 0 Å². The van der Waals surface area contributed by atoms with Gasteiger partial charge in [-0.15, -0.1) is 11.8 Å². The van der Waals surface area contributed by atoms with Gasteiger partial charge in [-0.1, -0.05) is 0 Å². The maximum atomic E-state index is 12.3. The highest BCUT2D eigenvalue weighted by atomic mass is 32.2. The molecule has 0 bridgehead atoms. The number of hydrogen-bond donors (Lipinski definition) is 2. The second-order valence-electron chi connectivity index (χ2n) is 6.32. The third-order valence-corrected chi connectivity index (χ3v) is 5.46. The summed E-state index contributed by atoms with van der Waals surface area (Å²) in [5, 5.41) is 11.7. The first-order valence-electron chi connectivity index (χ1n) is 7.95. The summed E-state index contributed by atoms with van der Waals surface area (Å²) >= 11 is 1.63. The normalized spacial score (nSPS) is 26.1. The van der Waals surface area contributed by atoms with Crippen LogP contribution < -0.4 is 10.2 Å². The Balaban J connectivity index is 1.56. The summed E-state index contributed by atoms with van der Waals surface area (Å²) in [5.74, 6) is -1.74. The van der Waals surface area contributed by atoms with Gasteiger partial charge in [0.1, 0.15) is 0 Å². The molecule has 1 unspecified atom stereocenters. The fraction of sp³-hybridized carbons (Fsp3) is 0.471. The van der Waals surface area contributed by atoms with Crippen LogP contribution in [0.15, 0.2) is 29.2 Å². The van der Waals surface area contributed by atoms with Crippen LogP contribution in [-0.2, 0) is 14.4 Å². The Kier molecular flexibility index (Phi) is 4.80. The number of carbonyl (C=O) groups excluding carboxylic acids is 2. The van der Waals surface area contributed by atoms with E-state index in [4.69, 9.17) is 5.11 Å². The standard InChI is InChI=1S/C17H20N2O4S/c1-24-14-4-2-13(3-5-14)19-9-11(8-15(19)20)16(21)18-12-6-10(7-12)17(22)23/h2-5,10-12H,6-9H2,1H3,(H,18,21)(H,22,23). The molecule has 2 amide bonds. The molecule has 1 aliphatic carbocycles. The molecule has 1 aromatic carbocycles. The lowest BCUT2D eigenvalue weighted by molar-refractivity contribution is -0.146. The summed E-state index contributed by atoms with van der Waals surface area (Å²) in [4.78, 5) is 38.1. The van der Waals surface area contributed by atoms with Crippen LogP contribution in [0.4, 0.5) is 5.69 Å². The molecule has 24 heavy (non-hydrogen) atoms. The van der Waals surface area contributed by atoms with E-state index in [0.717, 1.165) is 10.6 Å². The zero-order valence-electron chi connectivity index (χ0n) is 13.4. The Labute approximate surface area is 144 Å². The molecule has 2 N–H and O–H groups in total. The molecule has 0 radical (unpaired) electrons. The zero-order chi connectivity index (χ0) is 17.3. The van der Waals surface area contributed by atoms with Crippen molar-refractivity contribution in [3.05, 3.63) is 24.3 Å². The molecule has 128 valence electrons. The molecule has 0 spiro atoms. The van der Waals surface area contributed by atoms with E-state index in [1.165, 1.54) is 0 Å². The summed E-state index contributed by atoms with van der Waals surface area (Å²) in [6.07, 6.45) is 3.14. The quantitative estimate of drug-likeness (QED) is 0.792. The summed E-state index contributed by atoms with van der Waals surface area (Å²) in [6, 6.07) is 7.63. The van der Waals surface area contributed by atoms with E-state index in [2.05, 4.69) is 5.32 Å². The van der Waals surface area contributed by atoms with Crippen LogP contribution in [-0.4, -0.2) is 41.7 Å². The van der Waals surface area contributed by atoms with E-state index >= 15 is 0 Å². The highest BCUT2D eigenvalue weighted by molar-refractivity contribution is 7.98. The van der Waals surface area contributed by atoms with Crippen LogP contribution in [0.2, 0.25) is 0 Å². The molecule has 2 aliphatic rings. The van der Waals surface area contributed by atoms with Crippen molar-refractivity contribution in [2.75, 3.05) is 17.7 Å². The molecular formula is C17H20N2O4S. The van der Waals surface area contributed by atoms with E-state index in [-0.39, 0.29) is 36.1 Å². The minimum absolute atomic E-state index is 0.0518. The van der Waals surface area contributed by atoms with E-state index < -0.39 is 5.97 Å². The summed E-state index contributed by atoms with van der Waals surface area (Å²) in [5.41, 5.74) is 0.808. The molecule has 2 fully saturated rings. The van der Waals surface area contributed by atoms with Gasteiger partial charge in [0.2, 0.25) is 11.8 Å². The predicted molar refractivity (Wildman–Crippen MR) is 91.0 cm³/mol. The van der Waals surface area contributed by atoms with Gasteiger partial charge in [-0.25, -0.2) is 0 Å². The number of thioether (sulfide) groups is 1. The van der Waals surface area contributed by atoms with Crippen molar-refractivity contribution >= 4 is 35.2 Å². The van der Waals surface area contributed by atoms with Gasteiger partial charge in [0.05, 0.1) is 11.8 Å². The molecule has 1 aromatic rings. The van der Waals surface area contributed by atoms with Gasteiger partial charge in [0.25, 0.3) is 0 Å². The van der Waals surface area contributed by atoms with Gasteiger partial charge in [-0.2, -0.15) is 0 Å². The van der Waals surface area contributed by atoms with E-state index in [1.54, 1.807) is 16.7 Å². The summed E-state index contributed by atoms with van der Waals surface area (Å²) in [6.45, 7) is 0.373. The van der Waals surface area contributed by atoms with Gasteiger partial charge >= 0.3 is 5.97 Å². The van der Waals surface area contributed by atoms with Crippen molar-refractivity contribution in [1.29, 1.82) is 0 Å². The minimum Gasteiger partial charge on any atom is -0.481 e. The third kappa shape index (κ3) is 3.40. The maximum Gasteiger partial charge on any atom is 0.306 e. The molecule has 1 aliphatic heterocycles. The lowest BCUT2D eigenvalue weighted by Crippen LogP contribution is -2.48. The summed E-state index contributed by atoms with van der Waals surface area (Å²) in [7, 11) is 0. The minimum atomic E-state index is -0.809. The Morgan fingerprint density at radius 1 is 1.21 bits per heavy atom. The van der Waals surface area contributed by atoms with E-state index in [0.29, 0.717) is 19.4 Å². The number of benzene rings is 1. The zero-order valence-corrected chi connectivity index (χ0v) is 14.2. The molecule has 3 rings (SSSR count). The Bertz CT molecular complexity index is 655. The average Bonchev–Trinajstić information content (AvgIpc) is 2.92. The number of aliphatic carboxylic acids is 1. The predicted octanol–water partition coefficient (Wildman–Crippen LogP) is 1.74. The molecule has 6 nitrogen and oxygen atoms in total. The molecule has 1 atom stereocenters. The fourth-order valence-corrected chi connectivity index (χ4v) is 3.56.